The second-order valence-corrected chi connectivity index (χ2v) is 5.11. The zero-order chi connectivity index (χ0) is 13.7. The van der Waals surface area contributed by atoms with Gasteiger partial charge in [-0.05, 0) is 32.0 Å². The maximum absolute atomic E-state index is 11.5. The summed E-state index contributed by atoms with van der Waals surface area (Å²) >= 11 is 0. The van der Waals surface area contributed by atoms with Gasteiger partial charge in [-0.15, -0.1) is 0 Å². The highest BCUT2D eigenvalue weighted by Crippen LogP contribution is 2.28. The number of para-hydroxylation sites is 1. The predicted molar refractivity (Wildman–Crippen MR) is 76.3 cm³/mol. The molecule has 0 aliphatic carbocycles. The van der Waals surface area contributed by atoms with Gasteiger partial charge in [-0.25, -0.2) is 0 Å². The molecule has 4 heteroatoms. The highest BCUT2D eigenvalue weighted by Gasteiger charge is 2.35. The number of carbonyl (C=O) groups is 1. The highest BCUT2D eigenvalue weighted by atomic mass is 16.5. The van der Waals surface area contributed by atoms with E-state index in [1.165, 1.54) is 12.8 Å². The fourth-order valence-electron chi connectivity index (χ4n) is 2.70. The minimum Gasteiger partial charge on any atom is -0.469 e. The Hall–Kier alpha value is -1.55. The minimum absolute atomic E-state index is 0.113. The molecule has 1 aromatic carbocycles. The van der Waals surface area contributed by atoms with E-state index in [1.807, 2.05) is 13.1 Å². The Kier molecular flexibility index (Phi) is 4.43. The summed E-state index contributed by atoms with van der Waals surface area (Å²) in [5, 5.41) is 3.33. The van der Waals surface area contributed by atoms with Crippen LogP contribution in [0, 0.1) is 0 Å². The number of methoxy groups -OCH3 is 1. The molecule has 104 valence electrons. The number of hydrogen-bond acceptors (Lipinski definition) is 4. The molecule has 0 amide bonds. The van der Waals surface area contributed by atoms with Crippen LogP contribution >= 0.6 is 0 Å². The summed E-state index contributed by atoms with van der Waals surface area (Å²) in [6.45, 7) is 1.92. The lowest BCUT2D eigenvalue weighted by atomic mass is 9.84. The van der Waals surface area contributed by atoms with E-state index in [0.29, 0.717) is 6.42 Å². The Morgan fingerprint density at radius 2 is 1.95 bits per heavy atom. The summed E-state index contributed by atoms with van der Waals surface area (Å²) in [5.41, 5.74) is 1.14. The van der Waals surface area contributed by atoms with Crippen molar-refractivity contribution in [1.29, 1.82) is 0 Å². The van der Waals surface area contributed by atoms with Crippen molar-refractivity contribution in [1.82, 2.24) is 5.32 Å². The van der Waals surface area contributed by atoms with Crippen LogP contribution in [-0.4, -0.2) is 38.8 Å². The lowest BCUT2D eigenvalue weighted by Gasteiger charge is -2.42. The van der Waals surface area contributed by atoms with Gasteiger partial charge >= 0.3 is 5.97 Å². The lowest BCUT2D eigenvalue weighted by molar-refractivity contribution is -0.142. The zero-order valence-electron chi connectivity index (χ0n) is 11.7. The molecule has 1 aliphatic rings. The molecule has 1 N–H and O–H groups in total. The molecule has 19 heavy (non-hydrogen) atoms. The SMILES string of the molecule is CNC1(CC(=O)OC)CCN(c2ccccc2)CC1. The number of ether oxygens (including phenoxy) is 1. The summed E-state index contributed by atoms with van der Waals surface area (Å²) in [6, 6.07) is 10.4. The van der Waals surface area contributed by atoms with Crippen LogP contribution in [0.15, 0.2) is 30.3 Å². The molecular weight excluding hydrogens is 240 g/mol. The Balaban J connectivity index is 1.98. The smallest absolute Gasteiger partial charge is 0.307 e. The van der Waals surface area contributed by atoms with Crippen molar-refractivity contribution in [3.63, 3.8) is 0 Å². The molecule has 4 nitrogen and oxygen atoms in total. The molecule has 2 rings (SSSR count). The molecule has 0 bridgehead atoms. The number of carbonyl (C=O) groups excluding carboxylic acids is 1. The molecule has 0 radical (unpaired) electrons. The van der Waals surface area contributed by atoms with Gasteiger partial charge in [0.2, 0.25) is 0 Å². The Morgan fingerprint density at radius 3 is 2.47 bits per heavy atom. The van der Waals surface area contributed by atoms with E-state index in [4.69, 9.17) is 4.74 Å². The first-order valence-corrected chi connectivity index (χ1v) is 6.75. The van der Waals surface area contributed by atoms with Gasteiger partial charge in [-0.2, -0.15) is 0 Å². The Morgan fingerprint density at radius 1 is 1.32 bits per heavy atom. The van der Waals surface area contributed by atoms with Crippen molar-refractivity contribution in [2.75, 3.05) is 32.1 Å². The van der Waals surface area contributed by atoms with Crippen LogP contribution in [0.4, 0.5) is 5.69 Å². The Bertz CT molecular complexity index is 411. The standard InChI is InChI=1S/C15H22N2O2/c1-16-15(12-14(18)19-2)8-10-17(11-9-15)13-6-4-3-5-7-13/h3-7,16H,8-12H2,1-2H3. The molecule has 1 heterocycles. The van der Waals surface area contributed by atoms with Gasteiger partial charge in [0.15, 0.2) is 0 Å². The quantitative estimate of drug-likeness (QED) is 0.840. The predicted octanol–water partition coefficient (Wildman–Crippen LogP) is 1.81. The van der Waals surface area contributed by atoms with E-state index in [0.717, 1.165) is 25.9 Å². The molecular formula is C15H22N2O2. The van der Waals surface area contributed by atoms with E-state index < -0.39 is 0 Å². The highest BCUT2D eigenvalue weighted by molar-refractivity contribution is 5.70. The monoisotopic (exact) mass is 262 g/mol. The molecule has 1 fully saturated rings. The van der Waals surface area contributed by atoms with E-state index in [9.17, 15) is 4.79 Å². The van der Waals surface area contributed by atoms with E-state index in [2.05, 4.69) is 34.5 Å². The van der Waals surface area contributed by atoms with Crippen LogP contribution in [0.2, 0.25) is 0 Å². The normalized spacial score (nSPS) is 18.1. The van der Waals surface area contributed by atoms with Crippen molar-refractivity contribution in [3.05, 3.63) is 30.3 Å². The van der Waals surface area contributed by atoms with Crippen molar-refractivity contribution in [2.24, 2.45) is 0 Å². The lowest BCUT2D eigenvalue weighted by Crippen LogP contribution is -2.53. The number of nitrogens with one attached hydrogen (secondary N) is 1. The van der Waals surface area contributed by atoms with Crippen LogP contribution in [0.3, 0.4) is 0 Å². The number of hydrogen-bond donors (Lipinski definition) is 1. The van der Waals surface area contributed by atoms with Crippen LogP contribution in [0.25, 0.3) is 0 Å². The van der Waals surface area contributed by atoms with Gasteiger partial charge in [0.05, 0.1) is 13.5 Å². The number of anilines is 1. The number of esters is 1. The average molecular weight is 262 g/mol. The number of piperidine rings is 1. The molecule has 1 aliphatic heterocycles. The first-order valence-electron chi connectivity index (χ1n) is 6.75. The maximum atomic E-state index is 11.5. The van der Waals surface area contributed by atoms with Gasteiger partial charge in [0.25, 0.3) is 0 Å². The molecule has 0 aromatic heterocycles. The second-order valence-electron chi connectivity index (χ2n) is 5.11. The summed E-state index contributed by atoms with van der Waals surface area (Å²) in [6.07, 6.45) is 2.35. The summed E-state index contributed by atoms with van der Waals surface area (Å²) in [4.78, 5) is 13.9. The van der Waals surface area contributed by atoms with Gasteiger partial charge in [0.1, 0.15) is 0 Å². The third-order valence-corrected chi connectivity index (χ3v) is 4.08. The average Bonchev–Trinajstić information content (AvgIpc) is 2.48. The van der Waals surface area contributed by atoms with Crippen molar-refractivity contribution in [2.45, 2.75) is 24.8 Å². The fraction of sp³-hybridized carbons (Fsp3) is 0.533. The molecule has 1 aromatic rings. The molecule has 0 spiro atoms. The van der Waals surface area contributed by atoms with E-state index >= 15 is 0 Å². The van der Waals surface area contributed by atoms with Crippen molar-refractivity contribution in [3.8, 4) is 0 Å². The first kappa shape index (κ1) is 13.9. The van der Waals surface area contributed by atoms with Crippen molar-refractivity contribution >= 4 is 11.7 Å². The van der Waals surface area contributed by atoms with E-state index in [1.54, 1.807) is 0 Å². The Labute approximate surface area is 114 Å². The second kappa shape index (κ2) is 6.06. The summed E-state index contributed by atoms with van der Waals surface area (Å²) in [5.74, 6) is -0.137. The van der Waals surface area contributed by atoms with Crippen LogP contribution in [-0.2, 0) is 9.53 Å². The number of nitrogens with zero attached hydrogens (tertiary/aromatic N) is 1. The van der Waals surface area contributed by atoms with Gasteiger partial charge in [-0.1, -0.05) is 18.2 Å². The third kappa shape index (κ3) is 3.26. The number of rotatable bonds is 4. The van der Waals surface area contributed by atoms with E-state index in [-0.39, 0.29) is 11.5 Å². The topological polar surface area (TPSA) is 41.6 Å². The first-order chi connectivity index (χ1) is 9.19. The molecule has 0 saturated carbocycles. The minimum atomic E-state index is -0.137. The van der Waals surface area contributed by atoms with Crippen LogP contribution < -0.4 is 10.2 Å². The molecule has 1 saturated heterocycles. The largest absolute Gasteiger partial charge is 0.469 e. The van der Waals surface area contributed by atoms with Crippen molar-refractivity contribution < 1.29 is 9.53 Å². The van der Waals surface area contributed by atoms with Gasteiger partial charge < -0.3 is 15.0 Å². The van der Waals surface area contributed by atoms with Crippen LogP contribution in [0.1, 0.15) is 19.3 Å². The third-order valence-electron chi connectivity index (χ3n) is 4.08. The summed E-state index contributed by atoms with van der Waals surface area (Å²) < 4.78 is 4.80. The fourth-order valence-corrected chi connectivity index (χ4v) is 2.70. The van der Waals surface area contributed by atoms with Gasteiger partial charge in [-0.3, -0.25) is 4.79 Å². The maximum Gasteiger partial charge on any atom is 0.307 e. The van der Waals surface area contributed by atoms with Crippen LogP contribution in [0.5, 0.6) is 0 Å². The van der Waals surface area contributed by atoms with Gasteiger partial charge in [0, 0.05) is 24.3 Å². The molecule has 0 atom stereocenters. The zero-order valence-corrected chi connectivity index (χ0v) is 11.7. The number of benzene rings is 1. The molecule has 0 unspecified atom stereocenters. The summed E-state index contributed by atoms with van der Waals surface area (Å²) in [7, 11) is 3.38.